The molecule has 1 fully saturated rings. The number of pyridine rings is 1. The van der Waals surface area contributed by atoms with Crippen LogP contribution in [0.5, 0.6) is 0 Å². The fourth-order valence-electron chi connectivity index (χ4n) is 4.21. The molecule has 186 valence electrons. The molecular weight excluding hydrogens is 506 g/mol. The summed E-state index contributed by atoms with van der Waals surface area (Å²) in [6.45, 7) is 2.23. The molecule has 1 saturated heterocycles. The van der Waals surface area contributed by atoms with Gasteiger partial charge in [0.1, 0.15) is 29.7 Å². The standard InChI is InChI=1S/C22H21N7O5S2/c1-11-3-4-13-5-6-27(28(13)7-11)8-12-9-35-20-16(19(31)29(20)17(12)21(32)33)25-18(30)15(26-34-2)14-10-36-22(23)24-14/h3-7,10,16,20H,8-9H2,1-2H3,(H3-,23,24,25,30,32,33)/b26-15-/t16-,20-/m1/s1. The zero-order chi connectivity index (χ0) is 25.6. The second kappa shape index (κ2) is 9.28. The fourth-order valence-corrected chi connectivity index (χ4v) is 6.09. The molecule has 36 heavy (non-hydrogen) atoms. The number of carbonyl (C=O) groups is 3. The maximum atomic E-state index is 13.0. The maximum Gasteiger partial charge on any atom is 0.276 e. The van der Waals surface area contributed by atoms with Crippen LogP contribution < -0.4 is 20.8 Å². The minimum absolute atomic E-state index is 0.138. The van der Waals surface area contributed by atoms with Crippen LogP contribution in [0.15, 0.2) is 52.4 Å². The molecule has 0 aromatic carbocycles. The summed E-state index contributed by atoms with van der Waals surface area (Å²) in [4.78, 5) is 48.0. The number of hydrogen-bond donors (Lipinski definition) is 2. The molecule has 0 radical (unpaired) electrons. The van der Waals surface area contributed by atoms with E-state index in [2.05, 4.69) is 15.5 Å². The molecule has 3 N–H and O–H groups in total. The van der Waals surface area contributed by atoms with Crippen molar-refractivity contribution in [3.8, 4) is 0 Å². The Balaban J connectivity index is 1.38. The smallest absolute Gasteiger partial charge is 0.276 e. The number of rotatable bonds is 7. The van der Waals surface area contributed by atoms with Crippen molar-refractivity contribution in [3.05, 3.63) is 58.5 Å². The van der Waals surface area contributed by atoms with Gasteiger partial charge in [-0.05, 0) is 18.6 Å². The molecule has 5 rings (SSSR count). The average molecular weight is 528 g/mol. The number of anilines is 1. The Bertz CT molecular complexity index is 1460. The van der Waals surface area contributed by atoms with E-state index in [1.54, 1.807) is 5.38 Å². The summed E-state index contributed by atoms with van der Waals surface area (Å²) >= 11 is 2.49. The first kappa shape index (κ1) is 23.8. The topological polar surface area (TPSA) is 158 Å². The van der Waals surface area contributed by atoms with E-state index in [-0.39, 0.29) is 28.8 Å². The SMILES string of the molecule is CO/N=C(\C(=O)N[C@@H]1C(=O)N2C(C(=O)[O-])=C(C[n+]3ccc4ccc(C)cn43)CS[C@H]12)c1csc(N)n1. The molecule has 2 aliphatic rings. The van der Waals surface area contributed by atoms with Crippen LogP contribution in [0.3, 0.4) is 0 Å². The van der Waals surface area contributed by atoms with E-state index in [0.717, 1.165) is 22.4 Å². The first-order valence-electron chi connectivity index (χ1n) is 10.8. The molecule has 14 heteroatoms. The summed E-state index contributed by atoms with van der Waals surface area (Å²) in [5, 5.41) is 19.7. The zero-order valence-corrected chi connectivity index (χ0v) is 20.8. The lowest BCUT2D eigenvalue weighted by Gasteiger charge is -2.50. The molecule has 12 nitrogen and oxygen atoms in total. The highest BCUT2D eigenvalue weighted by molar-refractivity contribution is 8.00. The van der Waals surface area contributed by atoms with Crippen molar-refractivity contribution in [1.82, 2.24) is 19.7 Å². The number of fused-ring (bicyclic) bond motifs is 2. The van der Waals surface area contributed by atoms with Gasteiger partial charge in [-0.15, -0.1) is 32.3 Å². The number of thiazole rings is 1. The van der Waals surface area contributed by atoms with Crippen LogP contribution in [0.25, 0.3) is 5.52 Å². The van der Waals surface area contributed by atoms with Crippen LogP contribution in [0.2, 0.25) is 0 Å². The van der Waals surface area contributed by atoms with E-state index in [1.165, 1.54) is 23.8 Å². The molecule has 3 aromatic rings. The van der Waals surface area contributed by atoms with Crippen LogP contribution in [0.1, 0.15) is 11.3 Å². The Labute approximate surface area is 213 Å². The van der Waals surface area contributed by atoms with Crippen LogP contribution in [-0.4, -0.2) is 62.2 Å². The number of aryl methyl sites for hydroxylation is 1. The number of carboxylic acid groups (broad SMARTS) is 1. The third-order valence-corrected chi connectivity index (χ3v) is 7.86. The number of nitrogens with two attached hydrogens (primary N) is 1. The first-order valence-corrected chi connectivity index (χ1v) is 12.7. The van der Waals surface area contributed by atoms with Crippen molar-refractivity contribution in [2.75, 3.05) is 18.6 Å². The number of aliphatic carboxylic acids is 1. The van der Waals surface area contributed by atoms with Crippen molar-refractivity contribution < 1.29 is 29.0 Å². The number of carboxylic acids is 1. The lowest BCUT2D eigenvalue weighted by Crippen LogP contribution is -2.71. The van der Waals surface area contributed by atoms with Gasteiger partial charge in [0.25, 0.3) is 11.8 Å². The Morgan fingerprint density at radius 2 is 2.19 bits per heavy atom. The number of nitrogens with zero attached hydrogens (tertiary/aromatic N) is 5. The van der Waals surface area contributed by atoms with Crippen molar-refractivity contribution in [2.24, 2.45) is 5.16 Å². The predicted octanol–water partition coefficient (Wildman–Crippen LogP) is -0.971. The number of carbonyl (C=O) groups excluding carboxylic acids is 3. The van der Waals surface area contributed by atoms with Gasteiger partial charge in [-0.1, -0.05) is 11.2 Å². The molecule has 0 bridgehead atoms. The minimum atomic E-state index is -1.44. The van der Waals surface area contributed by atoms with Gasteiger partial charge in [0.2, 0.25) is 0 Å². The molecule has 2 amide bonds. The molecule has 0 spiro atoms. The van der Waals surface area contributed by atoms with E-state index < -0.39 is 29.2 Å². The second-order valence-corrected chi connectivity index (χ2v) is 10.2. The average Bonchev–Trinajstić information content (AvgIpc) is 3.46. The number of oxime groups is 1. The number of β-lactam (4-membered cyclic amide) rings is 1. The van der Waals surface area contributed by atoms with Gasteiger partial charge in [0.15, 0.2) is 23.6 Å². The van der Waals surface area contributed by atoms with Crippen LogP contribution >= 0.6 is 23.1 Å². The summed E-state index contributed by atoms with van der Waals surface area (Å²) in [5.74, 6) is -2.33. The van der Waals surface area contributed by atoms with Gasteiger partial charge in [-0.3, -0.25) is 14.5 Å². The fraction of sp³-hybridized carbons (Fsp3) is 0.273. The third-order valence-electron chi connectivity index (χ3n) is 5.84. The predicted molar refractivity (Wildman–Crippen MR) is 129 cm³/mol. The van der Waals surface area contributed by atoms with Gasteiger partial charge < -0.3 is 25.8 Å². The minimum Gasteiger partial charge on any atom is -0.543 e. The van der Waals surface area contributed by atoms with Gasteiger partial charge in [-0.25, -0.2) is 4.98 Å². The van der Waals surface area contributed by atoms with Crippen LogP contribution in [0.4, 0.5) is 5.13 Å². The molecule has 0 saturated carbocycles. The summed E-state index contributed by atoms with van der Waals surface area (Å²) in [6, 6.07) is 4.94. The van der Waals surface area contributed by atoms with Crippen LogP contribution in [0, 0.1) is 6.92 Å². The van der Waals surface area contributed by atoms with Crippen LogP contribution in [-0.2, 0) is 25.8 Å². The summed E-state index contributed by atoms with van der Waals surface area (Å²) in [7, 11) is 1.28. The monoisotopic (exact) mass is 527 g/mol. The number of thioether (sulfide) groups is 1. The van der Waals surface area contributed by atoms with Gasteiger partial charge in [0.05, 0.1) is 17.9 Å². The maximum absolute atomic E-state index is 13.0. The Hall–Kier alpha value is -3.91. The summed E-state index contributed by atoms with van der Waals surface area (Å²) in [6.07, 6.45) is 3.80. The molecule has 2 aliphatic heterocycles. The van der Waals surface area contributed by atoms with E-state index in [0.29, 0.717) is 11.3 Å². The Morgan fingerprint density at radius 1 is 1.39 bits per heavy atom. The zero-order valence-electron chi connectivity index (χ0n) is 19.2. The Morgan fingerprint density at radius 3 is 2.89 bits per heavy atom. The molecule has 0 unspecified atom stereocenters. The highest BCUT2D eigenvalue weighted by Gasteiger charge is 2.53. The van der Waals surface area contributed by atoms with E-state index in [9.17, 15) is 19.5 Å². The largest absolute Gasteiger partial charge is 0.543 e. The highest BCUT2D eigenvalue weighted by atomic mass is 32.2. The number of aromatic nitrogens is 3. The third kappa shape index (κ3) is 4.07. The van der Waals surface area contributed by atoms with E-state index in [4.69, 9.17) is 10.6 Å². The number of nitrogen functional groups attached to an aromatic ring is 1. The number of amides is 2. The lowest BCUT2D eigenvalue weighted by molar-refractivity contribution is -0.753. The summed E-state index contributed by atoms with van der Waals surface area (Å²) < 4.78 is 3.80. The van der Waals surface area contributed by atoms with Crippen molar-refractivity contribution in [2.45, 2.75) is 24.9 Å². The molecular formula is C22H21N7O5S2. The normalized spacial score (nSPS) is 19.8. The first-order chi connectivity index (χ1) is 17.3. The quantitative estimate of drug-likeness (QED) is 0.172. The van der Waals surface area contributed by atoms with Gasteiger partial charge in [0, 0.05) is 22.8 Å². The van der Waals surface area contributed by atoms with Crippen molar-refractivity contribution >= 4 is 57.2 Å². The highest BCUT2D eigenvalue weighted by Crippen LogP contribution is 2.40. The molecule has 3 aromatic heterocycles. The van der Waals surface area contributed by atoms with Crippen molar-refractivity contribution in [1.29, 1.82) is 0 Å². The Kier molecular flexibility index (Phi) is 6.14. The van der Waals surface area contributed by atoms with E-state index >= 15 is 0 Å². The van der Waals surface area contributed by atoms with Gasteiger partial charge in [-0.2, -0.15) is 0 Å². The molecule has 2 atom stereocenters. The summed E-state index contributed by atoms with van der Waals surface area (Å²) in [5.41, 5.74) is 8.10. The van der Waals surface area contributed by atoms with E-state index in [1.807, 2.05) is 46.7 Å². The van der Waals surface area contributed by atoms with Crippen molar-refractivity contribution in [3.63, 3.8) is 0 Å². The second-order valence-electron chi connectivity index (χ2n) is 8.18. The lowest BCUT2D eigenvalue weighted by atomic mass is 10.0. The number of nitrogens with one attached hydrogen (secondary N) is 1. The molecule has 0 aliphatic carbocycles. The number of hydrogen-bond acceptors (Lipinski definition) is 10. The van der Waals surface area contributed by atoms with Gasteiger partial charge >= 0.3 is 0 Å². The molecule has 5 heterocycles.